The van der Waals surface area contributed by atoms with Gasteiger partial charge in [0.2, 0.25) is 0 Å². The van der Waals surface area contributed by atoms with Gasteiger partial charge in [-0.2, -0.15) is 26.3 Å². The summed E-state index contributed by atoms with van der Waals surface area (Å²) in [6.07, 6.45) is -6.09. The number of aromatic nitrogens is 1. The molecule has 0 bridgehead atoms. The number of amides is 1. The van der Waals surface area contributed by atoms with E-state index < -0.39 is 24.3 Å². The molecule has 0 atom stereocenters. The number of nitrogens with one attached hydrogen (secondary N) is 1. The lowest BCUT2D eigenvalue weighted by Gasteiger charge is -2.20. The smallest absolute Gasteiger partial charge is 0.475 e. The van der Waals surface area contributed by atoms with E-state index in [1.54, 1.807) is 7.11 Å². The minimum Gasteiger partial charge on any atom is -0.475 e. The highest BCUT2D eigenvalue weighted by molar-refractivity contribution is 5.99. The van der Waals surface area contributed by atoms with Gasteiger partial charge in [0, 0.05) is 58.5 Å². The van der Waals surface area contributed by atoms with E-state index in [4.69, 9.17) is 29.5 Å². The average Bonchev–Trinajstić information content (AvgIpc) is 3.34. The summed E-state index contributed by atoms with van der Waals surface area (Å²) in [7, 11) is 1.75. The fourth-order valence-corrected chi connectivity index (χ4v) is 3.81. The van der Waals surface area contributed by atoms with Crippen LogP contribution in [0.4, 0.5) is 32.2 Å². The van der Waals surface area contributed by atoms with Gasteiger partial charge in [0.25, 0.3) is 5.91 Å². The van der Waals surface area contributed by atoms with Crippen molar-refractivity contribution in [3.8, 4) is 0 Å². The van der Waals surface area contributed by atoms with Crippen molar-refractivity contribution >= 4 is 23.7 Å². The second-order valence-electron chi connectivity index (χ2n) is 9.70. The Morgan fingerprint density at radius 2 is 1.49 bits per heavy atom. The number of alkyl halides is 6. The molecule has 3 heterocycles. The number of nitrogens with zero attached hydrogens (tertiary/aromatic N) is 3. The Labute approximate surface area is 233 Å². The molecule has 1 aromatic rings. The maximum absolute atomic E-state index is 13.1. The standard InChI is InChI=1S/C21H34N4O2.2C2HF3O2/c1-16(2)15-22-20-18(21(26)25-8-4-5-9-25)14-17-6-10-24(12-13-27-3)11-7-19(17)23-20;2*3-2(4,5)1(6)7/h14,16H,4-13,15H2,1-3H3,(H,22,23);2*(H,6,7). The second kappa shape index (κ2) is 16.3. The molecule has 0 aromatic carbocycles. The van der Waals surface area contributed by atoms with E-state index in [9.17, 15) is 31.1 Å². The number of anilines is 1. The third kappa shape index (κ3) is 12.9. The number of hydrogen-bond donors (Lipinski definition) is 3. The normalized spacial score (nSPS) is 15.6. The molecule has 0 saturated carbocycles. The van der Waals surface area contributed by atoms with E-state index in [-0.39, 0.29) is 5.91 Å². The predicted octanol–water partition coefficient (Wildman–Crippen LogP) is 3.70. The number of likely N-dealkylation sites (tertiary alicyclic amines) is 1. The number of carbonyl (C=O) groups excluding carboxylic acids is 1. The summed E-state index contributed by atoms with van der Waals surface area (Å²) in [6.45, 7) is 10.6. The fraction of sp³-hybridized carbons (Fsp3) is 0.680. The molecule has 0 unspecified atom stereocenters. The molecule has 1 fully saturated rings. The number of rotatable bonds is 7. The number of ether oxygens (including phenoxy) is 1. The van der Waals surface area contributed by atoms with Crippen LogP contribution in [0.1, 0.15) is 48.3 Å². The van der Waals surface area contributed by atoms with Gasteiger partial charge in [0.1, 0.15) is 5.82 Å². The molecule has 10 nitrogen and oxygen atoms in total. The first-order valence-electron chi connectivity index (χ1n) is 12.8. The molecule has 3 rings (SSSR count). The molecule has 0 radical (unpaired) electrons. The molecule has 16 heteroatoms. The summed E-state index contributed by atoms with van der Waals surface area (Å²) < 4.78 is 68.7. The zero-order chi connectivity index (χ0) is 31.4. The lowest BCUT2D eigenvalue weighted by atomic mass is 10.0. The van der Waals surface area contributed by atoms with Crippen molar-refractivity contribution in [3.05, 3.63) is 22.9 Å². The number of methoxy groups -OCH3 is 1. The van der Waals surface area contributed by atoms with Crippen LogP contribution in [0.3, 0.4) is 0 Å². The lowest BCUT2D eigenvalue weighted by Crippen LogP contribution is -2.29. The monoisotopic (exact) mass is 602 g/mol. The summed E-state index contributed by atoms with van der Waals surface area (Å²) in [5.74, 6) is -4.11. The van der Waals surface area contributed by atoms with Crippen LogP contribution < -0.4 is 5.32 Å². The van der Waals surface area contributed by atoms with Crippen molar-refractivity contribution < 1.29 is 55.7 Å². The number of aliphatic carboxylic acids is 2. The van der Waals surface area contributed by atoms with Crippen LogP contribution in [0, 0.1) is 5.92 Å². The Morgan fingerprint density at radius 3 is 1.95 bits per heavy atom. The van der Waals surface area contributed by atoms with Crippen LogP contribution in [0.15, 0.2) is 6.07 Å². The van der Waals surface area contributed by atoms with Crippen molar-refractivity contribution in [2.75, 3.05) is 58.3 Å². The lowest BCUT2D eigenvalue weighted by molar-refractivity contribution is -0.193. The highest BCUT2D eigenvalue weighted by Crippen LogP contribution is 2.25. The Bertz CT molecular complexity index is 990. The third-order valence-corrected chi connectivity index (χ3v) is 5.95. The summed E-state index contributed by atoms with van der Waals surface area (Å²) in [4.78, 5) is 40.2. The van der Waals surface area contributed by atoms with E-state index in [1.165, 1.54) is 5.56 Å². The summed E-state index contributed by atoms with van der Waals surface area (Å²) in [5.41, 5.74) is 3.12. The first-order valence-corrected chi connectivity index (χ1v) is 12.8. The third-order valence-electron chi connectivity index (χ3n) is 5.95. The molecule has 0 aliphatic carbocycles. The first-order chi connectivity index (χ1) is 19.0. The van der Waals surface area contributed by atoms with E-state index >= 15 is 0 Å². The van der Waals surface area contributed by atoms with Crippen LogP contribution in [-0.2, 0) is 27.2 Å². The number of carboxylic acids is 2. The zero-order valence-corrected chi connectivity index (χ0v) is 23.1. The van der Waals surface area contributed by atoms with Gasteiger partial charge in [0.15, 0.2) is 0 Å². The van der Waals surface area contributed by atoms with Gasteiger partial charge in [0.05, 0.1) is 12.2 Å². The first kappa shape index (κ1) is 35.9. The zero-order valence-electron chi connectivity index (χ0n) is 23.1. The van der Waals surface area contributed by atoms with Crippen LogP contribution >= 0.6 is 0 Å². The van der Waals surface area contributed by atoms with Crippen LogP contribution in [0.2, 0.25) is 0 Å². The minimum absolute atomic E-state index is 0.134. The molecule has 1 aromatic heterocycles. The van der Waals surface area contributed by atoms with Crippen LogP contribution in [0.25, 0.3) is 0 Å². The number of hydrogen-bond acceptors (Lipinski definition) is 7. The Morgan fingerprint density at radius 1 is 0.976 bits per heavy atom. The van der Waals surface area contributed by atoms with E-state index in [0.29, 0.717) is 5.92 Å². The van der Waals surface area contributed by atoms with Crippen molar-refractivity contribution in [1.29, 1.82) is 0 Å². The molecule has 41 heavy (non-hydrogen) atoms. The molecule has 2 aliphatic rings. The number of carboxylic acid groups (broad SMARTS) is 2. The molecule has 234 valence electrons. The summed E-state index contributed by atoms with van der Waals surface area (Å²) in [5, 5.41) is 17.7. The van der Waals surface area contributed by atoms with Crippen molar-refractivity contribution in [3.63, 3.8) is 0 Å². The Hall–Kier alpha value is -3.14. The summed E-state index contributed by atoms with van der Waals surface area (Å²) >= 11 is 0. The van der Waals surface area contributed by atoms with Crippen molar-refractivity contribution in [2.24, 2.45) is 5.92 Å². The highest BCUT2D eigenvalue weighted by atomic mass is 19.4. The van der Waals surface area contributed by atoms with Crippen LogP contribution in [-0.4, -0.2) is 108 Å². The SMILES string of the molecule is COCCN1CCc2cc(C(=O)N3CCCC3)c(NCC(C)C)nc2CC1.O=C(O)C(F)(F)F.O=C(O)C(F)(F)F. The molecule has 1 saturated heterocycles. The second-order valence-corrected chi connectivity index (χ2v) is 9.70. The van der Waals surface area contributed by atoms with Gasteiger partial charge in [-0.05, 0) is 36.8 Å². The van der Waals surface area contributed by atoms with Crippen LogP contribution in [0.5, 0.6) is 0 Å². The van der Waals surface area contributed by atoms with Gasteiger partial charge >= 0.3 is 24.3 Å². The topological polar surface area (TPSA) is 132 Å². The van der Waals surface area contributed by atoms with Gasteiger partial charge < -0.3 is 30.1 Å². The molecular formula is C25H36F6N4O6. The van der Waals surface area contributed by atoms with Gasteiger partial charge in [-0.3, -0.25) is 4.79 Å². The van der Waals surface area contributed by atoms with Gasteiger partial charge in [-0.1, -0.05) is 13.8 Å². The van der Waals surface area contributed by atoms with Gasteiger partial charge in [-0.15, -0.1) is 0 Å². The molecule has 3 N–H and O–H groups in total. The summed E-state index contributed by atoms with van der Waals surface area (Å²) in [6, 6.07) is 2.12. The number of pyridine rings is 1. The van der Waals surface area contributed by atoms with Gasteiger partial charge in [-0.25, -0.2) is 14.6 Å². The molecular weight excluding hydrogens is 566 g/mol. The maximum atomic E-state index is 13.1. The number of fused-ring (bicyclic) bond motifs is 1. The largest absolute Gasteiger partial charge is 0.490 e. The highest BCUT2D eigenvalue weighted by Gasteiger charge is 2.39. The molecule has 0 spiro atoms. The Balaban J connectivity index is 0.000000497. The number of carbonyl (C=O) groups is 3. The molecule has 1 amide bonds. The quantitative estimate of drug-likeness (QED) is 0.400. The van der Waals surface area contributed by atoms with E-state index in [2.05, 4.69) is 30.1 Å². The predicted molar refractivity (Wildman–Crippen MR) is 136 cm³/mol. The van der Waals surface area contributed by atoms with Crippen molar-refractivity contribution in [1.82, 2.24) is 14.8 Å². The van der Waals surface area contributed by atoms with E-state index in [0.717, 1.165) is 88.6 Å². The Kier molecular flexibility index (Phi) is 14.3. The maximum Gasteiger partial charge on any atom is 0.490 e. The average molecular weight is 603 g/mol. The fourth-order valence-electron chi connectivity index (χ4n) is 3.81. The minimum atomic E-state index is -5.08. The van der Waals surface area contributed by atoms with E-state index in [1.807, 2.05) is 4.90 Å². The molecule has 2 aliphatic heterocycles. The number of halogens is 6. The van der Waals surface area contributed by atoms with Crippen molar-refractivity contribution in [2.45, 2.75) is 51.9 Å².